The van der Waals surface area contributed by atoms with Crippen molar-refractivity contribution in [3.05, 3.63) is 0 Å². The smallest absolute Gasteiger partial charge is 0.0968 e. The van der Waals surface area contributed by atoms with Gasteiger partial charge in [-0.15, -0.1) is 0 Å². The SMILES string of the molecule is CC(C)(CCCCCCCCCCCCCCC(=N)N)C(C)(C)C(=N)N. The molecule has 0 bridgehead atoms. The lowest BCUT2D eigenvalue weighted by molar-refractivity contribution is 0.163. The van der Waals surface area contributed by atoms with Crippen molar-refractivity contribution >= 4 is 11.7 Å². The van der Waals surface area contributed by atoms with Gasteiger partial charge in [0.1, 0.15) is 0 Å². The molecule has 0 aliphatic heterocycles. The fourth-order valence-electron chi connectivity index (χ4n) is 3.33. The van der Waals surface area contributed by atoms with E-state index < -0.39 is 0 Å². The van der Waals surface area contributed by atoms with E-state index in [1.807, 2.05) is 0 Å². The zero-order valence-electron chi connectivity index (χ0n) is 18.1. The van der Waals surface area contributed by atoms with E-state index in [9.17, 15) is 0 Å². The quantitative estimate of drug-likeness (QED) is 0.136. The largest absolute Gasteiger partial charge is 0.388 e. The Labute approximate surface area is 162 Å². The van der Waals surface area contributed by atoms with Gasteiger partial charge in [0.25, 0.3) is 0 Å². The molecule has 0 aromatic heterocycles. The molecule has 0 unspecified atom stereocenters. The van der Waals surface area contributed by atoms with E-state index in [4.69, 9.17) is 22.3 Å². The first-order chi connectivity index (χ1) is 12.1. The Kier molecular flexibility index (Phi) is 12.6. The highest BCUT2D eigenvalue weighted by molar-refractivity contribution is 5.83. The molecule has 0 saturated heterocycles. The van der Waals surface area contributed by atoms with Crippen molar-refractivity contribution in [1.29, 1.82) is 10.8 Å². The monoisotopic (exact) mass is 366 g/mol. The molecular formula is C22H46N4. The molecule has 0 fully saturated rings. The molecule has 26 heavy (non-hydrogen) atoms. The minimum Gasteiger partial charge on any atom is -0.388 e. The molecule has 0 saturated carbocycles. The van der Waals surface area contributed by atoms with E-state index in [0.29, 0.717) is 11.7 Å². The van der Waals surface area contributed by atoms with Gasteiger partial charge in [-0.05, 0) is 18.3 Å². The summed E-state index contributed by atoms with van der Waals surface area (Å²) in [6.45, 7) is 8.68. The third kappa shape index (κ3) is 10.8. The predicted octanol–water partition coefficient (Wildman–Crippen LogP) is 6.37. The van der Waals surface area contributed by atoms with Crippen molar-refractivity contribution in [2.75, 3.05) is 0 Å². The van der Waals surface area contributed by atoms with E-state index in [0.717, 1.165) is 19.3 Å². The topological polar surface area (TPSA) is 99.7 Å². The summed E-state index contributed by atoms with van der Waals surface area (Å²) in [5.74, 6) is 0.637. The Hall–Kier alpha value is -1.06. The highest BCUT2D eigenvalue weighted by Crippen LogP contribution is 2.42. The molecule has 4 nitrogen and oxygen atoms in total. The molecule has 0 radical (unpaired) electrons. The first kappa shape index (κ1) is 24.9. The molecule has 0 rings (SSSR count). The van der Waals surface area contributed by atoms with Crippen molar-refractivity contribution in [3.63, 3.8) is 0 Å². The number of amidine groups is 2. The molecule has 4 heteroatoms. The van der Waals surface area contributed by atoms with Crippen LogP contribution in [0.25, 0.3) is 0 Å². The zero-order chi connectivity index (χ0) is 20.1. The van der Waals surface area contributed by atoms with Crippen LogP contribution < -0.4 is 11.5 Å². The standard InChI is InChI=1S/C22H46N4/c1-21(2,22(3,4)20(25)26)18-16-14-12-10-8-6-5-7-9-11-13-15-17-19(23)24/h5-18H2,1-4H3,(H3,23,24)(H3,25,26). The lowest BCUT2D eigenvalue weighted by Gasteiger charge is -2.41. The number of hydrogen-bond acceptors (Lipinski definition) is 2. The normalized spacial score (nSPS) is 12.3. The van der Waals surface area contributed by atoms with Crippen LogP contribution in [0.15, 0.2) is 0 Å². The lowest BCUT2D eigenvalue weighted by Crippen LogP contribution is -2.43. The van der Waals surface area contributed by atoms with Gasteiger partial charge in [0.15, 0.2) is 0 Å². The first-order valence-electron chi connectivity index (χ1n) is 10.8. The van der Waals surface area contributed by atoms with Crippen LogP contribution in [-0.4, -0.2) is 11.7 Å². The molecule has 0 aromatic carbocycles. The van der Waals surface area contributed by atoms with Gasteiger partial charge in [0, 0.05) is 11.8 Å². The number of unbranched alkanes of at least 4 members (excludes halogenated alkanes) is 11. The summed E-state index contributed by atoms with van der Waals surface area (Å²) >= 11 is 0. The Bertz CT molecular complexity index is 399. The van der Waals surface area contributed by atoms with Crippen LogP contribution in [0.5, 0.6) is 0 Å². The third-order valence-electron chi connectivity index (χ3n) is 6.36. The fourth-order valence-corrected chi connectivity index (χ4v) is 3.33. The highest BCUT2D eigenvalue weighted by atomic mass is 14.8. The van der Waals surface area contributed by atoms with Crippen LogP contribution in [0.2, 0.25) is 0 Å². The van der Waals surface area contributed by atoms with Gasteiger partial charge in [-0.3, -0.25) is 10.8 Å². The van der Waals surface area contributed by atoms with Crippen LogP contribution in [0.3, 0.4) is 0 Å². The van der Waals surface area contributed by atoms with Gasteiger partial charge in [0.05, 0.1) is 11.7 Å². The van der Waals surface area contributed by atoms with Gasteiger partial charge < -0.3 is 11.5 Å². The molecule has 0 spiro atoms. The van der Waals surface area contributed by atoms with Crippen molar-refractivity contribution in [1.82, 2.24) is 0 Å². The molecule has 0 aromatic rings. The van der Waals surface area contributed by atoms with Gasteiger partial charge in [-0.2, -0.15) is 0 Å². The maximum atomic E-state index is 7.81. The number of rotatable bonds is 17. The summed E-state index contributed by atoms with van der Waals surface area (Å²) in [4.78, 5) is 0. The average Bonchev–Trinajstić information content (AvgIpc) is 2.54. The zero-order valence-corrected chi connectivity index (χ0v) is 18.1. The minimum atomic E-state index is -0.223. The summed E-state index contributed by atoms with van der Waals surface area (Å²) in [5, 5.41) is 15.0. The number of nitrogens with one attached hydrogen (secondary N) is 2. The Morgan fingerprint density at radius 1 is 0.615 bits per heavy atom. The van der Waals surface area contributed by atoms with E-state index in [1.54, 1.807) is 0 Å². The van der Waals surface area contributed by atoms with E-state index in [1.165, 1.54) is 70.6 Å². The second-order valence-electron chi connectivity index (χ2n) is 9.19. The molecular weight excluding hydrogens is 320 g/mol. The van der Waals surface area contributed by atoms with Gasteiger partial charge in [-0.1, -0.05) is 98.3 Å². The van der Waals surface area contributed by atoms with Crippen LogP contribution in [0.1, 0.15) is 118 Å². The van der Waals surface area contributed by atoms with Gasteiger partial charge in [-0.25, -0.2) is 0 Å². The minimum absolute atomic E-state index is 0.0866. The van der Waals surface area contributed by atoms with Crippen LogP contribution in [-0.2, 0) is 0 Å². The Balaban J connectivity index is 3.47. The van der Waals surface area contributed by atoms with E-state index >= 15 is 0 Å². The van der Waals surface area contributed by atoms with Crippen molar-refractivity contribution in [2.45, 2.75) is 118 Å². The Morgan fingerprint density at radius 3 is 1.31 bits per heavy atom. The van der Waals surface area contributed by atoms with Crippen LogP contribution >= 0.6 is 0 Å². The van der Waals surface area contributed by atoms with Crippen molar-refractivity contribution in [3.8, 4) is 0 Å². The maximum Gasteiger partial charge on any atom is 0.0968 e. The molecule has 0 atom stereocenters. The van der Waals surface area contributed by atoms with Gasteiger partial charge in [0.2, 0.25) is 0 Å². The summed E-state index contributed by atoms with van der Waals surface area (Å²) in [5.41, 5.74) is 11.0. The summed E-state index contributed by atoms with van der Waals surface area (Å²) in [6, 6.07) is 0. The van der Waals surface area contributed by atoms with Crippen molar-refractivity contribution < 1.29 is 0 Å². The predicted molar refractivity (Wildman–Crippen MR) is 116 cm³/mol. The van der Waals surface area contributed by atoms with Crippen LogP contribution in [0, 0.1) is 21.6 Å². The average molecular weight is 367 g/mol. The summed E-state index contributed by atoms with van der Waals surface area (Å²) in [6.07, 6.45) is 17.5. The lowest BCUT2D eigenvalue weighted by atomic mass is 9.64. The van der Waals surface area contributed by atoms with E-state index in [2.05, 4.69) is 27.7 Å². The third-order valence-corrected chi connectivity index (χ3v) is 6.36. The Morgan fingerprint density at radius 2 is 0.962 bits per heavy atom. The van der Waals surface area contributed by atoms with Crippen LogP contribution in [0.4, 0.5) is 0 Å². The van der Waals surface area contributed by atoms with Gasteiger partial charge >= 0.3 is 0 Å². The molecule has 154 valence electrons. The molecule has 0 heterocycles. The number of nitrogens with two attached hydrogens (primary N) is 2. The highest BCUT2D eigenvalue weighted by Gasteiger charge is 2.38. The maximum absolute atomic E-state index is 7.81. The number of hydrogen-bond donors (Lipinski definition) is 4. The fraction of sp³-hybridized carbons (Fsp3) is 0.909. The first-order valence-corrected chi connectivity index (χ1v) is 10.8. The molecule has 6 N–H and O–H groups in total. The van der Waals surface area contributed by atoms with Crippen molar-refractivity contribution in [2.24, 2.45) is 22.3 Å². The second kappa shape index (κ2) is 13.2. The molecule has 0 aliphatic rings. The second-order valence-corrected chi connectivity index (χ2v) is 9.19. The summed E-state index contributed by atoms with van der Waals surface area (Å²) < 4.78 is 0. The molecule has 0 amide bonds. The van der Waals surface area contributed by atoms with E-state index in [-0.39, 0.29) is 10.8 Å². The summed E-state index contributed by atoms with van der Waals surface area (Å²) in [7, 11) is 0. The molecule has 0 aliphatic carbocycles.